The van der Waals surface area contributed by atoms with Gasteiger partial charge in [-0.1, -0.05) is 36.2 Å². The van der Waals surface area contributed by atoms with Crippen molar-refractivity contribution < 1.29 is 4.79 Å². The summed E-state index contributed by atoms with van der Waals surface area (Å²) >= 11 is 6.28. The number of para-hydroxylation sites is 1. The molecule has 3 aromatic rings. The molecule has 2 aromatic heterocycles. The highest BCUT2D eigenvalue weighted by Crippen LogP contribution is 2.34. The van der Waals surface area contributed by atoms with E-state index in [1.807, 2.05) is 18.2 Å². The number of rotatable bonds is 7. The molecule has 0 radical (unpaired) electrons. The molecule has 0 bridgehead atoms. The number of aromatic nitrogens is 2. The number of aryl methyl sites for hydroxylation is 1. The monoisotopic (exact) mass is 326 g/mol. The van der Waals surface area contributed by atoms with E-state index >= 15 is 0 Å². The van der Waals surface area contributed by atoms with Gasteiger partial charge in [-0.25, -0.2) is 4.98 Å². The fourth-order valence-corrected chi connectivity index (χ4v) is 3.14. The number of fused-ring (bicyclic) bond motifs is 1. The molecule has 0 saturated carbocycles. The third-order valence-corrected chi connectivity index (χ3v) is 4.36. The largest absolute Gasteiger partial charge is 0.347 e. The zero-order valence-electron chi connectivity index (χ0n) is 12.9. The maximum atomic E-state index is 10.4. The molecule has 0 N–H and O–H groups in total. The lowest BCUT2D eigenvalue weighted by Gasteiger charge is -2.04. The van der Waals surface area contributed by atoms with Gasteiger partial charge in [-0.3, -0.25) is 0 Å². The summed E-state index contributed by atoms with van der Waals surface area (Å²) in [6, 6.07) is 12.3. The van der Waals surface area contributed by atoms with Crippen molar-refractivity contribution in [3.63, 3.8) is 0 Å². The minimum absolute atomic E-state index is 0.529. The van der Waals surface area contributed by atoms with Crippen molar-refractivity contribution in [2.24, 2.45) is 0 Å². The molecule has 0 spiro atoms. The molecule has 1 aromatic carbocycles. The predicted octanol–water partition coefficient (Wildman–Crippen LogP) is 5.12. The van der Waals surface area contributed by atoms with Gasteiger partial charge in [0.25, 0.3) is 0 Å². The number of carbonyl (C=O) groups is 1. The van der Waals surface area contributed by atoms with E-state index in [-0.39, 0.29) is 0 Å². The molecule has 0 aliphatic carbocycles. The van der Waals surface area contributed by atoms with Gasteiger partial charge in [-0.2, -0.15) is 0 Å². The Hall–Kier alpha value is -2.13. The highest BCUT2D eigenvalue weighted by atomic mass is 35.5. The summed E-state index contributed by atoms with van der Waals surface area (Å²) < 4.78 is 2.27. The van der Waals surface area contributed by atoms with Gasteiger partial charge in [0.1, 0.15) is 11.4 Å². The molecule has 2 heterocycles. The molecule has 4 heteroatoms. The van der Waals surface area contributed by atoms with E-state index in [1.54, 1.807) is 6.20 Å². The minimum atomic E-state index is 0.529. The molecular weight excluding hydrogens is 308 g/mol. The Balaban J connectivity index is 1.91. The Labute approximate surface area is 140 Å². The van der Waals surface area contributed by atoms with Gasteiger partial charge in [-0.05, 0) is 31.0 Å². The third kappa shape index (κ3) is 3.45. The van der Waals surface area contributed by atoms with Crippen molar-refractivity contribution in [1.29, 1.82) is 0 Å². The molecule has 0 aliphatic heterocycles. The summed E-state index contributed by atoms with van der Waals surface area (Å²) in [5.41, 5.74) is 3.29. The van der Waals surface area contributed by atoms with E-state index in [1.165, 1.54) is 10.9 Å². The van der Waals surface area contributed by atoms with E-state index < -0.39 is 0 Å². The van der Waals surface area contributed by atoms with Crippen LogP contribution in [0, 0.1) is 0 Å². The standard InChI is InChI=1S/C19H19ClN2O/c20-19-16(9-7-11-21-19)17-14-22(12-5-1-2-6-13-23)18-10-4-3-8-15(17)18/h3-4,7-11,13-14H,1-2,5-6,12H2. The van der Waals surface area contributed by atoms with Gasteiger partial charge in [0.05, 0.1) is 0 Å². The van der Waals surface area contributed by atoms with E-state index in [2.05, 4.69) is 33.9 Å². The summed E-state index contributed by atoms with van der Waals surface area (Å²) in [5, 5.41) is 1.72. The van der Waals surface area contributed by atoms with E-state index in [0.29, 0.717) is 11.6 Å². The fourth-order valence-electron chi connectivity index (χ4n) is 2.92. The normalized spacial score (nSPS) is 11.0. The Morgan fingerprint density at radius 1 is 1.04 bits per heavy atom. The maximum Gasteiger partial charge on any atom is 0.136 e. The first-order chi connectivity index (χ1) is 11.3. The summed E-state index contributed by atoms with van der Waals surface area (Å²) in [7, 11) is 0. The van der Waals surface area contributed by atoms with Gasteiger partial charge < -0.3 is 9.36 Å². The SMILES string of the molecule is O=CCCCCCn1cc(-c2cccnc2Cl)c2ccccc21. The quantitative estimate of drug-likeness (QED) is 0.343. The van der Waals surface area contributed by atoms with Crippen molar-refractivity contribution in [2.45, 2.75) is 32.2 Å². The van der Waals surface area contributed by atoms with Crippen LogP contribution in [0.25, 0.3) is 22.0 Å². The topological polar surface area (TPSA) is 34.9 Å². The maximum absolute atomic E-state index is 10.4. The minimum Gasteiger partial charge on any atom is -0.347 e. The van der Waals surface area contributed by atoms with Crippen LogP contribution in [0.5, 0.6) is 0 Å². The number of pyridine rings is 1. The molecule has 0 saturated heterocycles. The Morgan fingerprint density at radius 3 is 2.74 bits per heavy atom. The third-order valence-electron chi connectivity index (χ3n) is 4.06. The van der Waals surface area contributed by atoms with Crippen LogP contribution >= 0.6 is 11.6 Å². The Kier molecular flexibility index (Phi) is 5.09. The molecule has 0 atom stereocenters. The summed E-state index contributed by atoms with van der Waals surface area (Å²) in [4.78, 5) is 14.6. The van der Waals surface area contributed by atoms with Crippen molar-refractivity contribution >= 4 is 28.8 Å². The fraction of sp³-hybridized carbons (Fsp3) is 0.263. The van der Waals surface area contributed by atoms with Gasteiger partial charge in [0.2, 0.25) is 0 Å². The van der Waals surface area contributed by atoms with Gasteiger partial charge in [0.15, 0.2) is 0 Å². The molecule has 3 rings (SSSR count). The zero-order chi connectivity index (χ0) is 16.1. The number of hydrogen-bond donors (Lipinski definition) is 0. The van der Waals surface area contributed by atoms with Crippen molar-refractivity contribution in [1.82, 2.24) is 9.55 Å². The molecule has 118 valence electrons. The van der Waals surface area contributed by atoms with Crippen molar-refractivity contribution in [3.05, 3.63) is 53.9 Å². The van der Waals surface area contributed by atoms with Crippen LogP contribution in [0.4, 0.5) is 0 Å². The average molecular weight is 327 g/mol. The van der Waals surface area contributed by atoms with Crippen LogP contribution in [0.1, 0.15) is 25.7 Å². The molecule has 23 heavy (non-hydrogen) atoms. The van der Waals surface area contributed by atoms with Gasteiger partial charge in [0, 0.05) is 47.4 Å². The summed E-state index contributed by atoms with van der Waals surface area (Å²) in [5.74, 6) is 0. The van der Waals surface area contributed by atoms with Crippen molar-refractivity contribution in [3.8, 4) is 11.1 Å². The van der Waals surface area contributed by atoms with Gasteiger partial charge in [-0.15, -0.1) is 0 Å². The number of unbranched alkanes of at least 4 members (excludes halogenated alkanes) is 3. The molecule has 0 aliphatic rings. The number of nitrogens with zero attached hydrogens (tertiary/aromatic N) is 2. The first-order valence-electron chi connectivity index (χ1n) is 7.93. The Bertz CT molecular complexity index is 810. The number of carbonyl (C=O) groups excluding carboxylic acids is 1. The molecule has 0 unspecified atom stereocenters. The lowest BCUT2D eigenvalue weighted by Crippen LogP contribution is -1.96. The van der Waals surface area contributed by atoms with E-state index in [9.17, 15) is 4.79 Å². The molecule has 0 amide bonds. The number of benzene rings is 1. The predicted molar refractivity (Wildman–Crippen MR) is 94.7 cm³/mol. The zero-order valence-corrected chi connectivity index (χ0v) is 13.7. The Morgan fingerprint density at radius 2 is 1.91 bits per heavy atom. The first kappa shape index (κ1) is 15.8. The second-order valence-electron chi connectivity index (χ2n) is 5.61. The number of halogens is 1. The highest BCUT2D eigenvalue weighted by Gasteiger charge is 2.12. The second-order valence-corrected chi connectivity index (χ2v) is 5.97. The average Bonchev–Trinajstić information content (AvgIpc) is 2.94. The van der Waals surface area contributed by atoms with Crippen LogP contribution in [-0.2, 0) is 11.3 Å². The number of hydrogen-bond acceptors (Lipinski definition) is 2. The lowest BCUT2D eigenvalue weighted by atomic mass is 10.1. The highest BCUT2D eigenvalue weighted by molar-refractivity contribution is 6.32. The van der Waals surface area contributed by atoms with Crippen LogP contribution in [0.2, 0.25) is 5.15 Å². The van der Waals surface area contributed by atoms with Crippen LogP contribution in [0.15, 0.2) is 48.8 Å². The second kappa shape index (κ2) is 7.42. The number of aldehydes is 1. The lowest BCUT2D eigenvalue weighted by molar-refractivity contribution is -0.107. The smallest absolute Gasteiger partial charge is 0.136 e. The van der Waals surface area contributed by atoms with E-state index in [0.717, 1.165) is 43.2 Å². The van der Waals surface area contributed by atoms with Gasteiger partial charge >= 0.3 is 0 Å². The molecular formula is C19H19ClN2O. The summed E-state index contributed by atoms with van der Waals surface area (Å²) in [6.45, 7) is 0.942. The van der Waals surface area contributed by atoms with Crippen LogP contribution in [-0.4, -0.2) is 15.8 Å². The molecule has 0 fully saturated rings. The first-order valence-corrected chi connectivity index (χ1v) is 8.31. The van der Waals surface area contributed by atoms with E-state index in [4.69, 9.17) is 11.6 Å². The van der Waals surface area contributed by atoms with Crippen LogP contribution in [0.3, 0.4) is 0 Å². The molecule has 3 nitrogen and oxygen atoms in total. The van der Waals surface area contributed by atoms with Crippen LogP contribution < -0.4 is 0 Å². The summed E-state index contributed by atoms with van der Waals surface area (Å²) in [6.07, 6.45) is 8.60. The van der Waals surface area contributed by atoms with Crippen molar-refractivity contribution in [2.75, 3.05) is 0 Å².